The Bertz CT molecular complexity index is 2200. The summed E-state index contributed by atoms with van der Waals surface area (Å²) in [5.74, 6) is 1.47. The molecule has 58 heavy (non-hydrogen) atoms. The summed E-state index contributed by atoms with van der Waals surface area (Å²) in [5.41, 5.74) is 15.5. The van der Waals surface area contributed by atoms with Crippen LogP contribution in [-0.4, -0.2) is 52.2 Å². The molecule has 0 fully saturated rings. The molecule has 11 heteroatoms. The quantitative estimate of drug-likeness (QED) is 0.0791. The number of amides is 3. The maximum Gasteiger partial charge on any atom is 0.254 e. The number of carbonyl (C=O) groups is 3. The standard InChI is InChI=1S/C26H31N3O2.C21H19N3O3/c1-20(2)13-16-29(19-22-6-4-3-5-7-22)17-14-21-8-10-23(11-9-21)31-25-12-15-28-18-24(25)26(27)30;22-20(25)18-14-23-12-11-19(18)27-17-8-6-15(7-9-17)10-13-24-21(26)16-4-2-1-3-5-16/h3-12,15,18,20H,13-14,16-17,19H2,1-2H3,(H2,27,30);1-9,11-12,14H,10,13H2,(H2,22,25)(H,24,26). The zero-order valence-corrected chi connectivity index (χ0v) is 32.9. The number of ether oxygens (including phenoxy) is 2. The van der Waals surface area contributed by atoms with Crippen LogP contribution in [0.1, 0.15) is 68.0 Å². The molecule has 0 atom stereocenters. The van der Waals surface area contributed by atoms with E-state index in [-0.39, 0.29) is 17.0 Å². The van der Waals surface area contributed by atoms with Crippen LogP contribution in [0.5, 0.6) is 23.0 Å². The molecule has 5 N–H and O–H groups in total. The average molecular weight is 779 g/mol. The van der Waals surface area contributed by atoms with Gasteiger partial charge in [0.2, 0.25) is 0 Å². The summed E-state index contributed by atoms with van der Waals surface area (Å²) in [4.78, 5) is 45.3. The van der Waals surface area contributed by atoms with Gasteiger partial charge >= 0.3 is 0 Å². The number of nitrogens with two attached hydrogens (primary N) is 2. The highest BCUT2D eigenvalue weighted by atomic mass is 16.5. The minimum Gasteiger partial charge on any atom is -0.456 e. The smallest absolute Gasteiger partial charge is 0.254 e. The van der Waals surface area contributed by atoms with E-state index in [2.05, 4.69) is 76.5 Å². The van der Waals surface area contributed by atoms with E-state index in [4.69, 9.17) is 20.9 Å². The van der Waals surface area contributed by atoms with Gasteiger partial charge in [0.05, 0.1) is 0 Å². The van der Waals surface area contributed by atoms with Crippen LogP contribution in [0.4, 0.5) is 0 Å². The first-order valence-electron chi connectivity index (χ1n) is 19.3. The molecule has 0 aliphatic heterocycles. The van der Waals surface area contributed by atoms with Crippen molar-refractivity contribution in [1.82, 2.24) is 20.2 Å². The molecular weight excluding hydrogens is 729 g/mol. The fraction of sp³-hybridized carbons (Fsp3) is 0.213. The molecule has 6 rings (SSSR count). The minimum atomic E-state index is -0.594. The van der Waals surface area contributed by atoms with E-state index in [0.717, 1.165) is 31.6 Å². The van der Waals surface area contributed by atoms with Crippen LogP contribution < -0.4 is 26.3 Å². The van der Waals surface area contributed by atoms with Crippen molar-refractivity contribution in [2.45, 2.75) is 39.7 Å². The topological polar surface area (TPSA) is 163 Å². The second-order valence-corrected chi connectivity index (χ2v) is 14.0. The molecule has 0 spiro atoms. The summed E-state index contributed by atoms with van der Waals surface area (Å²) in [6, 6.07) is 38.4. The third-order valence-electron chi connectivity index (χ3n) is 9.12. The van der Waals surface area contributed by atoms with Crippen LogP contribution in [0, 0.1) is 5.92 Å². The molecule has 0 aliphatic rings. The fourth-order valence-corrected chi connectivity index (χ4v) is 5.87. The third kappa shape index (κ3) is 13.7. The Morgan fingerprint density at radius 2 is 1.12 bits per heavy atom. The zero-order chi connectivity index (χ0) is 41.1. The first kappa shape index (κ1) is 42.3. The van der Waals surface area contributed by atoms with Crippen molar-refractivity contribution >= 4 is 17.7 Å². The predicted octanol–water partition coefficient (Wildman–Crippen LogP) is 8.01. The summed E-state index contributed by atoms with van der Waals surface area (Å²) in [6.45, 7) is 8.12. The van der Waals surface area contributed by atoms with Crippen LogP contribution in [0.3, 0.4) is 0 Å². The Kier molecular flexibility index (Phi) is 16.1. The summed E-state index contributed by atoms with van der Waals surface area (Å²) < 4.78 is 11.6. The number of hydrogen-bond acceptors (Lipinski definition) is 8. The van der Waals surface area contributed by atoms with Crippen LogP contribution in [0.15, 0.2) is 146 Å². The Morgan fingerprint density at radius 3 is 1.62 bits per heavy atom. The molecule has 0 bridgehead atoms. The highest BCUT2D eigenvalue weighted by Gasteiger charge is 2.13. The molecule has 2 heterocycles. The highest BCUT2D eigenvalue weighted by Crippen LogP contribution is 2.26. The summed E-state index contributed by atoms with van der Waals surface area (Å²) in [7, 11) is 0. The monoisotopic (exact) mass is 778 g/mol. The second kappa shape index (κ2) is 22.0. The third-order valence-corrected chi connectivity index (χ3v) is 9.12. The summed E-state index contributed by atoms with van der Waals surface area (Å²) in [5, 5.41) is 2.89. The Hall–Kier alpha value is -6.85. The molecule has 0 unspecified atom stereocenters. The van der Waals surface area contributed by atoms with Crippen molar-refractivity contribution in [2.24, 2.45) is 17.4 Å². The number of carbonyl (C=O) groups excluding carboxylic acids is 3. The lowest BCUT2D eigenvalue weighted by Crippen LogP contribution is -2.27. The summed E-state index contributed by atoms with van der Waals surface area (Å²) >= 11 is 0. The average Bonchev–Trinajstić information content (AvgIpc) is 3.24. The normalized spacial score (nSPS) is 10.7. The molecule has 3 amide bonds. The van der Waals surface area contributed by atoms with Crippen molar-refractivity contribution in [3.05, 3.63) is 179 Å². The molecule has 4 aromatic carbocycles. The lowest BCUT2D eigenvalue weighted by atomic mass is 10.1. The lowest BCUT2D eigenvalue weighted by molar-refractivity contribution is 0.0951. The second-order valence-electron chi connectivity index (χ2n) is 14.0. The van der Waals surface area contributed by atoms with Crippen molar-refractivity contribution in [3.8, 4) is 23.0 Å². The first-order chi connectivity index (χ1) is 28.1. The maximum absolute atomic E-state index is 12.0. The maximum atomic E-state index is 12.0. The van der Waals surface area contributed by atoms with Gasteiger partial charge in [0.25, 0.3) is 17.7 Å². The van der Waals surface area contributed by atoms with Crippen LogP contribution >= 0.6 is 0 Å². The summed E-state index contributed by atoms with van der Waals surface area (Å²) in [6.07, 6.45) is 8.76. The Balaban J connectivity index is 0.000000223. The van der Waals surface area contributed by atoms with Crippen molar-refractivity contribution in [3.63, 3.8) is 0 Å². The van der Waals surface area contributed by atoms with Crippen LogP contribution in [-0.2, 0) is 19.4 Å². The van der Waals surface area contributed by atoms with E-state index in [1.165, 1.54) is 36.1 Å². The molecular formula is C47H50N6O5. The van der Waals surface area contributed by atoms with Crippen molar-refractivity contribution < 1.29 is 23.9 Å². The minimum absolute atomic E-state index is 0.0905. The molecule has 0 saturated carbocycles. The van der Waals surface area contributed by atoms with Gasteiger partial charge in [-0.25, -0.2) is 0 Å². The molecule has 0 aliphatic carbocycles. The number of primary amides is 2. The molecule has 0 saturated heterocycles. The lowest BCUT2D eigenvalue weighted by Gasteiger charge is -2.23. The van der Waals surface area contributed by atoms with Gasteiger partial charge in [-0.2, -0.15) is 0 Å². The molecule has 6 aromatic rings. The number of nitrogens with zero attached hydrogens (tertiary/aromatic N) is 3. The van der Waals surface area contributed by atoms with Crippen molar-refractivity contribution in [1.29, 1.82) is 0 Å². The van der Waals surface area contributed by atoms with Gasteiger partial charge in [0.15, 0.2) is 0 Å². The number of pyridine rings is 2. The zero-order valence-electron chi connectivity index (χ0n) is 32.9. The largest absolute Gasteiger partial charge is 0.456 e. The SMILES string of the molecule is CC(C)CCN(CCc1ccc(Oc2ccncc2C(N)=O)cc1)Cc1ccccc1.NC(=O)c1cnccc1Oc1ccc(CCNC(=O)c2ccccc2)cc1. The van der Waals surface area contributed by atoms with E-state index in [1.54, 1.807) is 42.6 Å². The Labute approximate surface area is 340 Å². The molecule has 0 radical (unpaired) electrons. The van der Waals surface area contributed by atoms with E-state index >= 15 is 0 Å². The molecule has 298 valence electrons. The van der Waals surface area contributed by atoms with Crippen molar-refractivity contribution in [2.75, 3.05) is 19.6 Å². The van der Waals surface area contributed by atoms with E-state index in [1.807, 2.05) is 42.5 Å². The fourth-order valence-electron chi connectivity index (χ4n) is 5.87. The van der Waals surface area contributed by atoms with Gasteiger partial charge in [-0.15, -0.1) is 0 Å². The number of hydrogen-bond donors (Lipinski definition) is 3. The highest BCUT2D eigenvalue weighted by molar-refractivity contribution is 5.96. The van der Waals surface area contributed by atoms with Gasteiger partial charge in [-0.3, -0.25) is 29.3 Å². The van der Waals surface area contributed by atoms with Gasteiger partial charge in [0, 0.05) is 50.0 Å². The number of rotatable bonds is 18. The van der Waals surface area contributed by atoms with Crippen LogP contribution in [0.2, 0.25) is 0 Å². The van der Waals surface area contributed by atoms with E-state index in [9.17, 15) is 14.4 Å². The van der Waals surface area contributed by atoms with E-state index in [0.29, 0.717) is 47.4 Å². The first-order valence-corrected chi connectivity index (χ1v) is 19.3. The number of benzene rings is 4. The van der Waals surface area contributed by atoms with Gasteiger partial charge in [-0.1, -0.05) is 86.6 Å². The van der Waals surface area contributed by atoms with Crippen LogP contribution in [0.25, 0.3) is 0 Å². The predicted molar refractivity (Wildman–Crippen MR) is 226 cm³/mol. The number of aromatic nitrogens is 2. The Morgan fingerprint density at radius 1 is 0.621 bits per heavy atom. The van der Waals surface area contributed by atoms with E-state index < -0.39 is 11.8 Å². The molecule has 11 nitrogen and oxygen atoms in total. The van der Waals surface area contributed by atoms with Gasteiger partial charge < -0.3 is 26.3 Å². The number of nitrogens with one attached hydrogen (secondary N) is 1. The van der Waals surface area contributed by atoms with Gasteiger partial charge in [0.1, 0.15) is 34.1 Å². The van der Waals surface area contributed by atoms with Gasteiger partial charge in [-0.05, 0) is 96.9 Å². The molecule has 2 aromatic heterocycles.